The number of nitrogens with zero attached hydrogens (tertiary/aromatic N) is 4. The van der Waals surface area contributed by atoms with Crippen molar-refractivity contribution < 1.29 is 22.7 Å². The predicted molar refractivity (Wildman–Crippen MR) is 115 cm³/mol. The molecule has 3 heterocycles. The lowest BCUT2D eigenvalue weighted by molar-refractivity contribution is 0.0746. The minimum atomic E-state index is -3.52. The van der Waals surface area contributed by atoms with Crippen molar-refractivity contribution >= 4 is 21.7 Å². The second kappa shape index (κ2) is 8.72. The Kier molecular flexibility index (Phi) is 6.01. The van der Waals surface area contributed by atoms with E-state index < -0.39 is 10.0 Å². The largest absolute Gasteiger partial charge is 0.454 e. The van der Waals surface area contributed by atoms with E-state index in [1.165, 1.54) is 10.5 Å². The van der Waals surface area contributed by atoms with Crippen LogP contribution in [0.2, 0.25) is 0 Å². The molecule has 0 saturated carbocycles. The summed E-state index contributed by atoms with van der Waals surface area (Å²) in [5.74, 6) is 1.90. The fourth-order valence-electron chi connectivity index (χ4n) is 3.78. The third-order valence-electron chi connectivity index (χ3n) is 5.57. The fraction of sp³-hybridized carbons (Fsp3) is 0.429. The molecule has 0 atom stereocenters. The number of aromatic nitrogens is 1. The van der Waals surface area contributed by atoms with E-state index in [0.717, 1.165) is 0 Å². The summed E-state index contributed by atoms with van der Waals surface area (Å²) in [5, 5.41) is 0. The zero-order valence-corrected chi connectivity index (χ0v) is 18.5. The Morgan fingerprint density at radius 1 is 1.03 bits per heavy atom. The number of anilines is 1. The summed E-state index contributed by atoms with van der Waals surface area (Å²) in [6.07, 6.45) is 1.41. The molecule has 1 aromatic heterocycles. The molecule has 31 heavy (non-hydrogen) atoms. The number of rotatable bonds is 6. The number of sulfonamides is 1. The number of carbonyl (C=O) groups excluding carboxylic acids is 1. The molecule has 1 saturated heterocycles. The lowest BCUT2D eigenvalue weighted by Gasteiger charge is -2.35. The van der Waals surface area contributed by atoms with Crippen LogP contribution in [-0.4, -0.2) is 74.6 Å². The first kappa shape index (κ1) is 21.4. The van der Waals surface area contributed by atoms with E-state index in [9.17, 15) is 13.2 Å². The molecule has 10 heteroatoms. The summed E-state index contributed by atoms with van der Waals surface area (Å²) in [6.45, 7) is 6.97. The van der Waals surface area contributed by atoms with Crippen LogP contribution in [0.1, 0.15) is 24.2 Å². The minimum Gasteiger partial charge on any atom is -0.454 e. The Bertz CT molecular complexity index is 1050. The molecule has 2 aliphatic rings. The fourth-order valence-corrected chi connectivity index (χ4v) is 5.18. The zero-order chi connectivity index (χ0) is 22.0. The molecule has 0 N–H and O–H groups in total. The SMILES string of the molecule is CCN(CC)S(=O)(=O)c1ccc(N2CCN(C(=O)c3ccc4c(c3)OCO4)CC2)nc1. The number of hydrogen-bond donors (Lipinski definition) is 0. The average Bonchev–Trinajstić information content (AvgIpc) is 3.27. The van der Waals surface area contributed by atoms with Gasteiger partial charge in [-0.2, -0.15) is 4.31 Å². The topological polar surface area (TPSA) is 92.3 Å². The minimum absolute atomic E-state index is 0.0495. The highest BCUT2D eigenvalue weighted by Crippen LogP contribution is 2.33. The van der Waals surface area contributed by atoms with Crippen molar-refractivity contribution in [2.75, 3.05) is 51.0 Å². The number of amides is 1. The summed E-state index contributed by atoms with van der Waals surface area (Å²) < 4.78 is 37.3. The number of benzene rings is 1. The molecule has 1 aromatic carbocycles. The van der Waals surface area contributed by atoms with Crippen molar-refractivity contribution in [3.05, 3.63) is 42.1 Å². The standard InChI is InChI=1S/C21H26N4O5S/c1-3-25(4-2)31(27,28)17-6-8-20(22-14-17)23-9-11-24(12-10-23)21(26)16-5-7-18-19(13-16)30-15-29-18/h5-8,13-14H,3-4,9-12,15H2,1-2H3. The van der Waals surface area contributed by atoms with Crippen LogP contribution in [0.15, 0.2) is 41.4 Å². The summed E-state index contributed by atoms with van der Waals surface area (Å²) in [5.41, 5.74) is 0.571. The molecule has 0 bridgehead atoms. The van der Waals surface area contributed by atoms with Crippen molar-refractivity contribution in [3.63, 3.8) is 0 Å². The number of fused-ring (bicyclic) bond motifs is 1. The highest BCUT2D eigenvalue weighted by molar-refractivity contribution is 7.89. The second-order valence-electron chi connectivity index (χ2n) is 7.29. The molecule has 2 aliphatic heterocycles. The van der Waals surface area contributed by atoms with Gasteiger partial charge in [-0.3, -0.25) is 4.79 Å². The molecule has 0 radical (unpaired) electrons. The van der Waals surface area contributed by atoms with Crippen LogP contribution in [-0.2, 0) is 10.0 Å². The van der Waals surface area contributed by atoms with Gasteiger partial charge in [-0.05, 0) is 30.3 Å². The van der Waals surface area contributed by atoms with E-state index >= 15 is 0 Å². The lowest BCUT2D eigenvalue weighted by atomic mass is 10.1. The highest BCUT2D eigenvalue weighted by Gasteiger charge is 2.26. The van der Waals surface area contributed by atoms with Crippen molar-refractivity contribution in [2.24, 2.45) is 0 Å². The van der Waals surface area contributed by atoms with Crippen LogP contribution < -0.4 is 14.4 Å². The summed E-state index contributed by atoms with van der Waals surface area (Å²) in [6, 6.07) is 8.54. The lowest BCUT2D eigenvalue weighted by Crippen LogP contribution is -2.49. The Morgan fingerprint density at radius 3 is 2.39 bits per heavy atom. The molecule has 1 amide bonds. The van der Waals surface area contributed by atoms with Gasteiger partial charge < -0.3 is 19.3 Å². The maximum absolute atomic E-state index is 12.8. The van der Waals surface area contributed by atoms with Crippen LogP contribution in [0.5, 0.6) is 11.5 Å². The normalized spacial score (nSPS) is 16.1. The van der Waals surface area contributed by atoms with E-state index in [4.69, 9.17) is 9.47 Å². The van der Waals surface area contributed by atoms with Crippen LogP contribution in [0.4, 0.5) is 5.82 Å². The monoisotopic (exact) mass is 446 g/mol. The maximum atomic E-state index is 12.8. The third kappa shape index (κ3) is 4.17. The summed E-state index contributed by atoms with van der Waals surface area (Å²) in [4.78, 5) is 21.3. The number of carbonyl (C=O) groups is 1. The molecular weight excluding hydrogens is 420 g/mol. The van der Waals surface area contributed by atoms with Crippen LogP contribution in [0, 0.1) is 0 Å². The van der Waals surface area contributed by atoms with Gasteiger partial charge in [0.2, 0.25) is 16.8 Å². The second-order valence-corrected chi connectivity index (χ2v) is 9.23. The molecule has 2 aromatic rings. The summed E-state index contributed by atoms with van der Waals surface area (Å²) >= 11 is 0. The van der Waals surface area contributed by atoms with Crippen molar-refractivity contribution in [1.82, 2.24) is 14.2 Å². The van der Waals surface area contributed by atoms with Crippen molar-refractivity contribution in [2.45, 2.75) is 18.7 Å². The van der Waals surface area contributed by atoms with Gasteiger partial charge in [-0.15, -0.1) is 0 Å². The Balaban J connectivity index is 1.39. The van der Waals surface area contributed by atoms with E-state index in [1.807, 2.05) is 13.8 Å². The van der Waals surface area contributed by atoms with E-state index in [0.29, 0.717) is 62.1 Å². The third-order valence-corrected chi connectivity index (χ3v) is 7.61. The molecule has 0 unspecified atom stereocenters. The van der Waals surface area contributed by atoms with Gasteiger partial charge in [-0.1, -0.05) is 13.8 Å². The van der Waals surface area contributed by atoms with Crippen molar-refractivity contribution in [3.8, 4) is 11.5 Å². The molecule has 1 fully saturated rings. The van der Waals surface area contributed by atoms with Crippen LogP contribution in [0.3, 0.4) is 0 Å². The number of piperazine rings is 1. The molecular formula is C21H26N4O5S. The molecule has 0 aliphatic carbocycles. The quantitative estimate of drug-likeness (QED) is 0.668. The average molecular weight is 447 g/mol. The first-order valence-electron chi connectivity index (χ1n) is 10.3. The van der Waals surface area contributed by atoms with Gasteiger partial charge in [0, 0.05) is 51.0 Å². The highest BCUT2D eigenvalue weighted by atomic mass is 32.2. The van der Waals surface area contributed by atoms with E-state index in [1.54, 1.807) is 35.2 Å². The Morgan fingerprint density at radius 2 is 1.74 bits per heavy atom. The van der Waals surface area contributed by atoms with Crippen molar-refractivity contribution in [1.29, 1.82) is 0 Å². The predicted octanol–water partition coefficient (Wildman–Crippen LogP) is 1.80. The first-order valence-corrected chi connectivity index (χ1v) is 11.8. The van der Waals surface area contributed by atoms with E-state index in [2.05, 4.69) is 9.88 Å². The zero-order valence-electron chi connectivity index (χ0n) is 17.7. The van der Waals surface area contributed by atoms with Crippen LogP contribution in [0.25, 0.3) is 0 Å². The molecule has 4 rings (SSSR count). The number of ether oxygens (including phenoxy) is 2. The number of hydrogen-bond acceptors (Lipinski definition) is 7. The van der Waals surface area contributed by atoms with Gasteiger partial charge in [0.15, 0.2) is 11.5 Å². The molecule has 0 spiro atoms. The van der Waals surface area contributed by atoms with Gasteiger partial charge in [0.05, 0.1) is 0 Å². The maximum Gasteiger partial charge on any atom is 0.254 e. The number of pyridine rings is 1. The van der Waals surface area contributed by atoms with Crippen LogP contribution >= 0.6 is 0 Å². The van der Waals surface area contributed by atoms with E-state index in [-0.39, 0.29) is 17.6 Å². The Hall–Kier alpha value is -2.85. The smallest absolute Gasteiger partial charge is 0.254 e. The molecule has 9 nitrogen and oxygen atoms in total. The molecule has 166 valence electrons. The van der Waals surface area contributed by atoms with Gasteiger partial charge in [0.25, 0.3) is 5.91 Å². The van der Waals surface area contributed by atoms with Gasteiger partial charge in [0.1, 0.15) is 10.7 Å². The first-order chi connectivity index (χ1) is 14.9. The summed E-state index contributed by atoms with van der Waals surface area (Å²) in [7, 11) is -3.52. The Labute approximate surface area is 182 Å². The van der Waals surface area contributed by atoms with Gasteiger partial charge in [-0.25, -0.2) is 13.4 Å². The van der Waals surface area contributed by atoms with Gasteiger partial charge >= 0.3 is 0 Å².